The number of carbonyl (C=O) groups is 3. The molecule has 1 aliphatic carbocycles. The molecule has 2 fully saturated rings. The zero-order valence-corrected chi connectivity index (χ0v) is 10.6. The average molecular weight is 254 g/mol. The van der Waals surface area contributed by atoms with E-state index >= 15 is 0 Å². The smallest absolute Gasteiger partial charge is 0.327 e. The standard InChI is InChI=1S/C12H18N2O4/c1-2-18-11(16)4-3-7-13-10(15)8-14(12(13)17)9-5-6-9/h9H,2-8H2,1H3. The molecule has 0 bridgehead atoms. The zero-order chi connectivity index (χ0) is 13.1. The maximum Gasteiger partial charge on any atom is 0.327 e. The van der Waals surface area contributed by atoms with Crippen molar-refractivity contribution in [2.75, 3.05) is 19.7 Å². The van der Waals surface area contributed by atoms with Crippen molar-refractivity contribution in [2.24, 2.45) is 0 Å². The summed E-state index contributed by atoms with van der Waals surface area (Å²) >= 11 is 0. The maximum atomic E-state index is 11.9. The fourth-order valence-electron chi connectivity index (χ4n) is 2.07. The summed E-state index contributed by atoms with van der Waals surface area (Å²) in [6, 6.07) is 0.0582. The van der Waals surface area contributed by atoms with Gasteiger partial charge in [0.25, 0.3) is 0 Å². The first kappa shape index (κ1) is 12.9. The van der Waals surface area contributed by atoms with Gasteiger partial charge < -0.3 is 9.64 Å². The van der Waals surface area contributed by atoms with Crippen LogP contribution in [0.4, 0.5) is 4.79 Å². The Bertz CT molecular complexity index is 365. The monoisotopic (exact) mass is 254 g/mol. The van der Waals surface area contributed by atoms with Gasteiger partial charge in [-0.3, -0.25) is 14.5 Å². The SMILES string of the molecule is CCOC(=O)CCCN1C(=O)CN(C2CC2)C1=O. The lowest BCUT2D eigenvalue weighted by Gasteiger charge is -2.16. The molecule has 2 rings (SSSR count). The summed E-state index contributed by atoms with van der Waals surface area (Å²) < 4.78 is 4.79. The summed E-state index contributed by atoms with van der Waals surface area (Å²) in [7, 11) is 0. The minimum atomic E-state index is -0.282. The zero-order valence-electron chi connectivity index (χ0n) is 10.6. The normalized spacial score (nSPS) is 19.6. The van der Waals surface area contributed by atoms with Crippen LogP contribution in [0.2, 0.25) is 0 Å². The van der Waals surface area contributed by atoms with Crippen LogP contribution in [-0.2, 0) is 14.3 Å². The van der Waals surface area contributed by atoms with Gasteiger partial charge in [0.15, 0.2) is 0 Å². The van der Waals surface area contributed by atoms with Crippen LogP contribution < -0.4 is 0 Å². The molecule has 0 unspecified atom stereocenters. The highest BCUT2D eigenvalue weighted by Crippen LogP contribution is 2.30. The van der Waals surface area contributed by atoms with Crippen molar-refractivity contribution in [3.63, 3.8) is 0 Å². The molecule has 0 radical (unpaired) electrons. The van der Waals surface area contributed by atoms with Gasteiger partial charge in [0.2, 0.25) is 5.91 Å². The van der Waals surface area contributed by atoms with Crippen molar-refractivity contribution in [3.05, 3.63) is 0 Å². The van der Waals surface area contributed by atoms with Gasteiger partial charge in [-0.15, -0.1) is 0 Å². The lowest BCUT2D eigenvalue weighted by atomic mass is 10.3. The summed E-state index contributed by atoms with van der Waals surface area (Å²) in [5.41, 5.74) is 0. The number of esters is 1. The Balaban J connectivity index is 1.77. The fraction of sp³-hybridized carbons (Fsp3) is 0.750. The molecular formula is C12H18N2O4. The summed E-state index contributed by atoms with van der Waals surface area (Å²) in [4.78, 5) is 37.6. The van der Waals surface area contributed by atoms with Crippen LogP contribution in [0.15, 0.2) is 0 Å². The first-order valence-corrected chi connectivity index (χ1v) is 6.40. The van der Waals surface area contributed by atoms with E-state index in [-0.39, 0.29) is 36.9 Å². The van der Waals surface area contributed by atoms with E-state index in [2.05, 4.69) is 0 Å². The third-order valence-corrected chi connectivity index (χ3v) is 3.14. The molecule has 1 aliphatic heterocycles. The Morgan fingerprint density at radius 2 is 2.11 bits per heavy atom. The third kappa shape index (κ3) is 2.80. The van der Waals surface area contributed by atoms with Crippen LogP contribution in [0.1, 0.15) is 32.6 Å². The Labute approximate surface area is 106 Å². The fourth-order valence-corrected chi connectivity index (χ4v) is 2.07. The van der Waals surface area contributed by atoms with Gasteiger partial charge in [-0.1, -0.05) is 0 Å². The van der Waals surface area contributed by atoms with E-state index in [0.717, 1.165) is 12.8 Å². The number of urea groups is 1. The predicted octanol–water partition coefficient (Wildman–Crippen LogP) is 0.756. The average Bonchev–Trinajstić information content (AvgIpc) is 3.11. The van der Waals surface area contributed by atoms with Crippen LogP contribution in [-0.4, -0.2) is 53.4 Å². The summed E-state index contributed by atoms with van der Waals surface area (Å²) in [5.74, 6) is -0.439. The second-order valence-corrected chi connectivity index (χ2v) is 4.60. The molecule has 1 heterocycles. The van der Waals surface area contributed by atoms with Crippen molar-refractivity contribution >= 4 is 17.9 Å². The van der Waals surface area contributed by atoms with E-state index in [1.54, 1.807) is 11.8 Å². The van der Waals surface area contributed by atoms with E-state index in [1.165, 1.54) is 4.90 Å². The Hall–Kier alpha value is -1.59. The van der Waals surface area contributed by atoms with Crippen LogP contribution in [0, 0.1) is 0 Å². The lowest BCUT2D eigenvalue weighted by molar-refractivity contribution is -0.143. The number of imide groups is 1. The quantitative estimate of drug-likeness (QED) is 0.518. The molecule has 0 spiro atoms. The van der Waals surface area contributed by atoms with Gasteiger partial charge in [0.05, 0.1) is 6.61 Å². The van der Waals surface area contributed by atoms with Gasteiger partial charge in [-0.25, -0.2) is 4.79 Å². The molecule has 1 saturated heterocycles. The maximum absolute atomic E-state index is 11.9. The topological polar surface area (TPSA) is 66.9 Å². The lowest BCUT2D eigenvalue weighted by Crippen LogP contribution is -2.34. The first-order chi connectivity index (χ1) is 8.63. The van der Waals surface area contributed by atoms with Crippen LogP contribution in [0.5, 0.6) is 0 Å². The van der Waals surface area contributed by atoms with Gasteiger partial charge in [-0.05, 0) is 26.2 Å². The van der Waals surface area contributed by atoms with Crippen LogP contribution >= 0.6 is 0 Å². The Morgan fingerprint density at radius 1 is 1.39 bits per heavy atom. The van der Waals surface area contributed by atoms with Crippen molar-refractivity contribution in [1.82, 2.24) is 9.80 Å². The van der Waals surface area contributed by atoms with Crippen LogP contribution in [0.3, 0.4) is 0 Å². The Morgan fingerprint density at radius 3 is 2.72 bits per heavy atom. The van der Waals surface area contributed by atoms with E-state index in [4.69, 9.17) is 4.74 Å². The molecule has 1 saturated carbocycles. The highest BCUT2D eigenvalue weighted by Gasteiger charge is 2.43. The second kappa shape index (κ2) is 5.37. The molecule has 2 aliphatic rings. The van der Waals surface area contributed by atoms with Crippen molar-refractivity contribution in [1.29, 1.82) is 0 Å². The highest BCUT2D eigenvalue weighted by molar-refractivity contribution is 6.02. The molecule has 0 aromatic rings. The van der Waals surface area contributed by atoms with Crippen molar-refractivity contribution in [2.45, 2.75) is 38.6 Å². The Kier molecular flexibility index (Phi) is 3.84. The highest BCUT2D eigenvalue weighted by atomic mass is 16.5. The number of carbonyl (C=O) groups excluding carboxylic acids is 3. The second-order valence-electron chi connectivity index (χ2n) is 4.60. The van der Waals surface area contributed by atoms with E-state index in [0.29, 0.717) is 19.6 Å². The van der Waals surface area contributed by atoms with E-state index in [9.17, 15) is 14.4 Å². The van der Waals surface area contributed by atoms with Gasteiger partial charge >= 0.3 is 12.0 Å². The number of amides is 3. The molecule has 0 aromatic carbocycles. The van der Waals surface area contributed by atoms with Crippen LogP contribution in [0.25, 0.3) is 0 Å². The molecule has 100 valence electrons. The molecule has 18 heavy (non-hydrogen) atoms. The number of nitrogens with zero attached hydrogens (tertiary/aromatic N) is 2. The number of hydrogen-bond acceptors (Lipinski definition) is 4. The number of ether oxygens (including phenoxy) is 1. The largest absolute Gasteiger partial charge is 0.466 e. The molecule has 3 amide bonds. The number of rotatable bonds is 6. The van der Waals surface area contributed by atoms with Gasteiger partial charge in [0.1, 0.15) is 6.54 Å². The van der Waals surface area contributed by atoms with Gasteiger partial charge in [-0.2, -0.15) is 0 Å². The minimum absolute atomic E-state index is 0.157. The van der Waals surface area contributed by atoms with E-state index < -0.39 is 0 Å². The molecule has 6 nitrogen and oxygen atoms in total. The summed E-state index contributed by atoms with van der Waals surface area (Å²) in [6.07, 6.45) is 2.70. The minimum Gasteiger partial charge on any atom is -0.466 e. The predicted molar refractivity (Wildman–Crippen MR) is 62.7 cm³/mol. The molecule has 6 heteroatoms. The third-order valence-electron chi connectivity index (χ3n) is 3.14. The number of hydrogen-bond donors (Lipinski definition) is 0. The van der Waals surface area contributed by atoms with Crippen molar-refractivity contribution in [3.8, 4) is 0 Å². The van der Waals surface area contributed by atoms with Crippen molar-refractivity contribution < 1.29 is 19.1 Å². The summed E-state index contributed by atoms with van der Waals surface area (Å²) in [5, 5.41) is 0. The van der Waals surface area contributed by atoms with Gasteiger partial charge in [0, 0.05) is 19.0 Å². The molecule has 0 atom stereocenters. The molecule has 0 aromatic heterocycles. The van der Waals surface area contributed by atoms with E-state index in [1.807, 2.05) is 0 Å². The first-order valence-electron chi connectivity index (χ1n) is 6.40. The molecular weight excluding hydrogens is 236 g/mol. The summed E-state index contributed by atoms with van der Waals surface area (Å²) in [6.45, 7) is 2.61. The molecule has 0 N–H and O–H groups in total.